The summed E-state index contributed by atoms with van der Waals surface area (Å²) in [6, 6.07) is 14.9. The average molecular weight is 322 g/mol. The van der Waals surface area contributed by atoms with Crippen molar-refractivity contribution in [2.75, 3.05) is 24.5 Å². The molecular weight excluding hydrogens is 296 g/mol. The highest BCUT2D eigenvalue weighted by Gasteiger charge is 2.18. The van der Waals surface area contributed by atoms with E-state index in [4.69, 9.17) is 0 Å². The summed E-state index contributed by atoms with van der Waals surface area (Å²) in [4.78, 5) is 14.5. The third-order valence-corrected chi connectivity index (χ3v) is 4.76. The van der Waals surface area contributed by atoms with Gasteiger partial charge in [-0.05, 0) is 55.9 Å². The highest BCUT2D eigenvalue weighted by atomic mass is 16.2. The highest BCUT2D eigenvalue weighted by molar-refractivity contribution is 5.82. The molecule has 1 amide bonds. The number of carbonyl (C=O) groups is 1. The minimum atomic E-state index is 0.108. The number of rotatable bonds is 5. The predicted molar refractivity (Wildman–Crippen MR) is 99.6 cm³/mol. The van der Waals surface area contributed by atoms with Crippen LogP contribution in [-0.4, -0.2) is 25.5 Å². The van der Waals surface area contributed by atoms with Crippen LogP contribution in [0.5, 0.6) is 0 Å². The molecular formula is C21H26N2O. The second-order valence-corrected chi connectivity index (χ2v) is 6.68. The molecule has 2 aromatic carbocycles. The van der Waals surface area contributed by atoms with Gasteiger partial charge in [0.2, 0.25) is 5.91 Å². The summed E-state index contributed by atoms with van der Waals surface area (Å²) in [6.07, 6.45) is 3.11. The van der Waals surface area contributed by atoms with Crippen LogP contribution < -0.4 is 10.2 Å². The van der Waals surface area contributed by atoms with Gasteiger partial charge in [0.25, 0.3) is 0 Å². The minimum absolute atomic E-state index is 0.108. The van der Waals surface area contributed by atoms with Crippen LogP contribution >= 0.6 is 0 Å². The Kier molecular flexibility index (Phi) is 5.19. The number of fused-ring (bicyclic) bond motifs is 1. The van der Waals surface area contributed by atoms with Crippen LogP contribution in [0.15, 0.2) is 42.5 Å². The largest absolute Gasteiger partial charge is 0.362 e. The van der Waals surface area contributed by atoms with E-state index in [9.17, 15) is 4.79 Å². The van der Waals surface area contributed by atoms with E-state index < -0.39 is 0 Å². The lowest BCUT2D eigenvalue weighted by Crippen LogP contribution is -2.40. The molecule has 1 heterocycles. The molecule has 3 nitrogen and oxygen atoms in total. The smallest absolute Gasteiger partial charge is 0.239 e. The van der Waals surface area contributed by atoms with E-state index in [-0.39, 0.29) is 5.91 Å². The molecule has 1 aliphatic rings. The maximum Gasteiger partial charge on any atom is 0.239 e. The maximum atomic E-state index is 12.3. The molecule has 0 fully saturated rings. The normalized spacial score (nSPS) is 13.5. The summed E-state index contributed by atoms with van der Waals surface area (Å²) >= 11 is 0. The van der Waals surface area contributed by atoms with Gasteiger partial charge in [0.1, 0.15) is 0 Å². The number of benzene rings is 2. The van der Waals surface area contributed by atoms with Crippen LogP contribution in [0.4, 0.5) is 5.69 Å². The van der Waals surface area contributed by atoms with Crippen molar-refractivity contribution in [1.29, 1.82) is 0 Å². The Balaban J connectivity index is 1.54. The molecule has 0 saturated carbocycles. The summed E-state index contributed by atoms with van der Waals surface area (Å²) in [5.41, 5.74) is 6.47. The molecule has 0 radical (unpaired) electrons. The number of hydrogen-bond acceptors (Lipinski definition) is 2. The number of anilines is 1. The Morgan fingerprint density at radius 2 is 2.00 bits per heavy atom. The summed E-state index contributed by atoms with van der Waals surface area (Å²) in [6.45, 7) is 6.34. The highest BCUT2D eigenvalue weighted by Crippen LogP contribution is 2.27. The Labute approximate surface area is 144 Å². The van der Waals surface area contributed by atoms with Gasteiger partial charge < -0.3 is 10.2 Å². The molecule has 126 valence electrons. The number of hydrogen-bond donors (Lipinski definition) is 1. The van der Waals surface area contributed by atoms with Crippen molar-refractivity contribution < 1.29 is 4.79 Å². The molecule has 0 aliphatic carbocycles. The Hall–Kier alpha value is -2.29. The van der Waals surface area contributed by atoms with Crippen molar-refractivity contribution >= 4 is 11.6 Å². The minimum Gasteiger partial charge on any atom is -0.362 e. The molecule has 24 heavy (non-hydrogen) atoms. The fourth-order valence-corrected chi connectivity index (χ4v) is 3.42. The quantitative estimate of drug-likeness (QED) is 0.915. The van der Waals surface area contributed by atoms with E-state index in [0.29, 0.717) is 13.1 Å². The molecule has 0 aromatic heterocycles. The first kappa shape index (κ1) is 16.6. The van der Waals surface area contributed by atoms with E-state index in [1.165, 1.54) is 27.9 Å². The molecule has 3 heteroatoms. The van der Waals surface area contributed by atoms with Gasteiger partial charge in [-0.1, -0.05) is 42.0 Å². The molecule has 0 saturated heterocycles. The third-order valence-electron chi connectivity index (χ3n) is 4.76. The van der Waals surface area contributed by atoms with Crippen molar-refractivity contribution in [3.05, 3.63) is 64.7 Å². The first-order valence-corrected chi connectivity index (χ1v) is 8.79. The van der Waals surface area contributed by atoms with Gasteiger partial charge in [-0.25, -0.2) is 0 Å². The lowest BCUT2D eigenvalue weighted by molar-refractivity contribution is -0.119. The van der Waals surface area contributed by atoms with Gasteiger partial charge in [0.05, 0.1) is 6.54 Å². The fraction of sp³-hybridized carbons (Fsp3) is 0.381. The van der Waals surface area contributed by atoms with E-state index >= 15 is 0 Å². The van der Waals surface area contributed by atoms with E-state index in [1.807, 2.05) is 6.07 Å². The number of carbonyl (C=O) groups excluding carboxylic acids is 1. The third kappa shape index (κ3) is 3.97. The lowest BCUT2D eigenvalue weighted by Gasteiger charge is -2.31. The van der Waals surface area contributed by atoms with E-state index in [2.05, 4.69) is 60.5 Å². The summed E-state index contributed by atoms with van der Waals surface area (Å²) < 4.78 is 0. The molecule has 0 spiro atoms. The molecule has 1 aliphatic heterocycles. The molecule has 0 bridgehead atoms. The fourth-order valence-electron chi connectivity index (χ4n) is 3.42. The van der Waals surface area contributed by atoms with Crippen LogP contribution in [-0.2, 0) is 17.6 Å². The maximum absolute atomic E-state index is 12.3. The van der Waals surface area contributed by atoms with Gasteiger partial charge in [0.15, 0.2) is 0 Å². The molecule has 0 atom stereocenters. The Morgan fingerprint density at radius 3 is 2.83 bits per heavy atom. The number of aryl methyl sites for hydroxylation is 3. The van der Waals surface area contributed by atoms with Crippen molar-refractivity contribution in [3.63, 3.8) is 0 Å². The van der Waals surface area contributed by atoms with Gasteiger partial charge >= 0.3 is 0 Å². The van der Waals surface area contributed by atoms with Crippen molar-refractivity contribution in [2.45, 2.75) is 33.1 Å². The number of nitrogens with zero attached hydrogens (tertiary/aromatic N) is 1. The zero-order valence-electron chi connectivity index (χ0n) is 14.6. The van der Waals surface area contributed by atoms with Crippen LogP contribution in [0.2, 0.25) is 0 Å². The Bertz CT molecular complexity index is 724. The molecule has 3 rings (SSSR count). The van der Waals surface area contributed by atoms with Crippen LogP contribution in [0.1, 0.15) is 28.7 Å². The average Bonchev–Trinajstić information content (AvgIpc) is 2.56. The lowest BCUT2D eigenvalue weighted by atomic mass is 9.99. The topological polar surface area (TPSA) is 32.3 Å². The standard InChI is InChI=1S/C21H26N2O/c1-16-9-10-20-19(14-16)8-5-13-23(20)15-21(24)22-12-11-18-7-4-3-6-17(18)2/h3-4,6-7,9-10,14H,5,8,11-13,15H2,1-2H3,(H,22,24). The Morgan fingerprint density at radius 1 is 1.17 bits per heavy atom. The molecule has 0 unspecified atom stereocenters. The van der Waals surface area contributed by atoms with Crippen molar-refractivity contribution in [2.24, 2.45) is 0 Å². The first-order chi connectivity index (χ1) is 11.6. The predicted octanol–water partition coefficient (Wildman–Crippen LogP) is 3.41. The SMILES string of the molecule is Cc1ccc2c(c1)CCCN2CC(=O)NCCc1ccccc1C. The zero-order valence-corrected chi connectivity index (χ0v) is 14.6. The summed E-state index contributed by atoms with van der Waals surface area (Å²) in [5.74, 6) is 0.108. The number of nitrogens with one attached hydrogen (secondary N) is 1. The zero-order chi connectivity index (χ0) is 16.9. The number of amides is 1. The van der Waals surface area contributed by atoms with Crippen molar-refractivity contribution in [1.82, 2.24) is 5.32 Å². The second kappa shape index (κ2) is 7.52. The molecule has 1 N–H and O–H groups in total. The summed E-state index contributed by atoms with van der Waals surface area (Å²) in [5, 5.41) is 3.07. The van der Waals surface area contributed by atoms with Gasteiger partial charge in [-0.15, -0.1) is 0 Å². The van der Waals surface area contributed by atoms with E-state index in [1.54, 1.807) is 0 Å². The van der Waals surface area contributed by atoms with E-state index in [0.717, 1.165) is 25.8 Å². The van der Waals surface area contributed by atoms with Crippen molar-refractivity contribution in [3.8, 4) is 0 Å². The van der Waals surface area contributed by atoms with Crippen LogP contribution in [0.3, 0.4) is 0 Å². The van der Waals surface area contributed by atoms with Gasteiger partial charge in [-0.2, -0.15) is 0 Å². The monoisotopic (exact) mass is 322 g/mol. The first-order valence-electron chi connectivity index (χ1n) is 8.79. The molecule has 2 aromatic rings. The van der Waals surface area contributed by atoms with Crippen LogP contribution in [0, 0.1) is 13.8 Å². The van der Waals surface area contributed by atoms with Gasteiger partial charge in [-0.3, -0.25) is 4.79 Å². The van der Waals surface area contributed by atoms with Gasteiger partial charge in [0, 0.05) is 18.8 Å². The second-order valence-electron chi connectivity index (χ2n) is 6.68. The summed E-state index contributed by atoms with van der Waals surface area (Å²) in [7, 11) is 0. The van der Waals surface area contributed by atoms with Crippen LogP contribution in [0.25, 0.3) is 0 Å².